The van der Waals surface area contributed by atoms with Gasteiger partial charge in [-0.3, -0.25) is 14.3 Å². The largest absolute Gasteiger partial charge is 0.399 e. The van der Waals surface area contributed by atoms with Gasteiger partial charge in [-0.1, -0.05) is 11.2 Å². The van der Waals surface area contributed by atoms with Crippen molar-refractivity contribution >= 4 is 26.6 Å². The zero-order chi connectivity index (χ0) is 23.3. The maximum absolute atomic E-state index is 13.4. The van der Waals surface area contributed by atoms with Crippen LogP contribution < -0.4 is 10.7 Å². The van der Waals surface area contributed by atoms with E-state index < -0.39 is 10.0 Å². The van der Waals surface area contributed by atoms with Crippen LogP contribution in [-0.2, 0) is 21.4 Å². The van der Waals surface area contributed by atoms with E-state index in [-0.39, 0.29) is 16.2 Å². The molecule has 2 aliphatic heterocycles. The van der Waals surface area contributed by atoms with E-state index in [4.69, 9.17) is 15.0 Å². The summed E-state index contributed by atoms with van der Waals surface area (Å²) >= 11 is 0. The molecular formula is C22H24N6O4S. The summed E-state index contributed by atoms with van der Waals surface area (Å²) in [5.41, 5.74) is 2.55. The molecule has 5 rings (SSSR count). The number of piperazine rings is 1. The molecule has 0 unspecified atom stereocenters. The van der Waals surface area contributed by atoms with Gasteiger partial charge in [0, 0.05) is 38.3 Å². The molecule has 1 saturated heterocycles. The lowest BCUT2D eigenvalue weighted by Crippen LogP contribution is -2.43. The first kappa shape index (κ1) is 21.7. The van der Waals surface area contributed by atoms with E-state index in [1.165, 1.54) is 29.9 Å². The van der Waals surface area contributed by atoms with Crippen LogP contribution in [-0.4, -0.2) is 73.8 Å². The fourth-order valence-corrected chi connectivity index (χ4v) is 4.89. The third-order valence-electron chi connectivity index (χ3n) is 6.12. The highest BCUT2D eigenvalue weighted by atomic mass is 32.2. The second-order valence-corrected chi connectivity index (χ2v) is 9.91. The molecule has 11 heteroatoms. The van der Waals surface area contributed by atoms with Gasteiger partial charge in [0.25, 0.3) is 5.56 Å². The topological polar surface area (TPSA) is 123 Å². The molecule has 2 N–H and O–H groups in total. The number of hydrogen-bond donors (Lipinski definition) is 1. The van der Waals surface area contributed by atoms with Gasteiger partial charge < -0.3 is 9.74 Å². The number of benzene rings is 2. The standard InChI is InChI=1S/C22H24N6O4S/c1-26-7-9-27(10-8-26)13-14-3-5-16-18(11-14)24-21-20(25-32-2)17-12-15(33(23,30)31)4-6-19(17)28(21)22(16)29/h3-6,11-12H,7-10,13H2,1-2H3,(H2,23,30,31)/b25-20+. The third kappa shape index (κ3) is 3.82. The minimum atomic E-state index is -3.93. The second kappa shape index (κ2) is 8.03. The lowest BCUT2D eigenvalue weighted by Gasteiger charge is -2.32. The highest BCUT2D eigenvalue weighted by Gasteiger charge is 2.31. The van der Waals surface area contributed by atoms with Gasteiger partial charge >= 0.3 is 0 Å². The molecule has 3 heterocycles. The van der Waals surface area contributed by atoms with Gasteiger partial charge in [0.15, 0.2) is 11.5 Å². The van der Waals surface area contributed by atoms with Crippen molar-refractivity contribution in [3.63, 3.8) is 0 Å². The summed E-state index contributed by atoms with van der Waals surface area (Å²) in [6, 6.07) is 9.98. The molecule has 1 fully saturated rings. The third-order valence-corrected chi connectivity index (χ3v) is 7.03. The van der Waals surface area contributed by atoms with E-state index in [1.807, 2.05) is 12.1 Å². The molecule has 0 aliphatic carbocycles. The number of aromatic nitrogens is 2. The maximum Gasteiger partial charge on any atom is 0.266 e. The van der Waals surface area contributed by atoms with Crippen molar-refractivity contribution in [2.75, 3.05) is 40.3 Å². The number of rotatable bonds is 4. The van der Waals surface area contributed by atoms with Gasteiger partial charge in [0.2, 0.25) is 10.0 Å². The predicted octanol–water partition coefficient (Wildman–Crippen LogP) is 0.493. The van der Waals surface area contributed by atoms with Gasteiger partial charge in [-0.2, -0.15) is 0 Å². The SMILES string of the molecule is CO/N=C1\c2cc(S(N)(=O)=O)ccc2-n2c1nc1cc(CN3CCN(C)CC3)ccc1c2=O. The van der Waals surface area contributed by atoms with Gasteiger partial charge in [-0.25, -0.2) is 18.5 Å². The molecule has 2 aromatic carbocycles. The lowest BCUT2D eigenvalue weighted by molar-refractivity contribution is 0.148. The van der Waals surface area contributed by atoms with Crippen molar-refractivity contribution in [3.05, 3.63) is 63.7 Å². The number of sulfonamides is 1. The van der Waals surface area contributed by atoms with Crippen LogP contribution in [0.5, 0.6) is 0 Å². The highest BCUT2D eigenvalue weighted by molar-refractivity contribution is 7.89. The Morgan fingerprint density at radius 3 is 2.58 bits per heavy atom. The van der Waals surface area contributed by atoms with Crippen molar-refractivity contribution in [1.29, 1.82) is 0 Å². The van der Waals surface area contributed by atoms with Crippen LogP contribution in [0, 0.1) is 0 Å². The van der Waals surface area contributed by atoms with Gasteiger partial charge in [0.05, 0.1) is 21.5 Å². The molecule has 3 aromatic rings. The summed E-state index contributed by atoms with van der Waals surface area (Å²) in [6.07, 6.45) is 0. The van der Waals surface area contributed by atoms with Crippen LogP contribution in [0.15, 0.2) is 51.2 Å². The van der Waals surface area contributed by atoms with Crippen LogP contribution in [0.3, 0.4) is 0 Å². The first-order chi connectivity index (χ1) is 15.8. The number of likely N-dealkylation sites (N-methyl/N-ethyl adjacent to an activating group) is 1. The number of fused-ring (bicyclic) bond motifs is 4. The zero-order valence-electron chi connectivity index (χ0n) is 18.4. The smallest absolute Gasteiger partial charge is 0.266 e. The number of nitrogens with zero attached hydrogens (tertiary/aromatic N) is 5. The Labute approximate surface area is 190 Å². The normalized spacial score (nSPS) is 18.0. The molecule has 0 radical (unpaired) electrons. The van der Waals surface area contributed by atoms with Gasteiger partial charge in [-0.05, 0) is 42.9 Å². The fourth-order valence-electron chi connectivity index (χ4n) is 4.35. The Balaban J connectivity index is 1.61. The van der Waals surface area contributed by atoms with Crippen molar-refractivity contribution in [2.45, 2.75) is 11.4 Å². The Kier molecular flexibility index (Phi) is 5.28. The highest BCUT2D eigenvalue weighted by Crippen LogP contribution is 2.29. The molecule has 172 valence electrons. The molecular weight excluding hydrogens is 444 g/mol. The van der Waals surface area contributed by atoms with Crippen LogP contribution in [0.4, 0.5) is 0 Å². The summed E-state index contributed by atoms with van der Waals surface area (Å²) in [6.45, 7) is 4.80. The summed E-state index contributed by atoms with van der Waals surface area (Å²) in [4.78, 5) is 27.7. The average molecular weight is 469 g/mol. The van der Waals surface area contributed by atoms with Crippen molar-refractivity contribution in [3.8, 4) is 5.69 Å². The fraction of sp³-hybridized carbons (Fsp3) is 0.318. The second-order valence-electron chi connectivity index (χ2n) is 8.35. The molecule has 33 heavy (non-hydrogen) atoms. The number of oxime groups is 1. The van der Waals surface area contributed by atoms with E-state index in [1.54, 1.807) is 6.07 Å². The Morgan fingerprint density at radius 2 is 1.88 bits per heavy atom. The molecule has 2 aliphatic rings. The molecule has 0 amide bonds. The van der Waals surface area contributed by atoms with Crippen LogP contribution in [0.1, 0.15) is 17.0 Å². The van der Waals surface area contributed by atoms with Crippen molar-refractivity contribution in [2.24, 2.45) is 10.3 Å². The first-order valence-electron chi connectivity index (χ1n) is 10.5. The van der Waals surface area contributed by atoms with Crippen molar-refractivity contribution in [1.82, 2.24) is 19.4 Å². The number of hydrogen-bond acceptors (Lipinski definition) is 8. The van der Waals surface area contributed by atoms with E-state index in [9.17, 15) is 13.2 Å². The monoisotopic (exact) mass is 468 g/mol. The zero-order valence-corrected chi connectivity index (χ0v) is 19.2. The quantitative estimate of drug-likeness (QED) is 0.433. The summed E-state index contributed by atoms with van der Waals surface area (Å²) < 4.78 is 25.2. The maximum atomic E-state index is 13.4. The number of primary sulfonamides is 1. The van der Waals surface area contributed by atoms with E-state index in [2.05, 4.69) is 22.0 Å². The molecule has 10 nitrogen and oxygen atoms in total. The molecule has 0 saturated carbocycles. The van der Waals surface area contributed by atoms with Gasteiger partial charge in [-0.15, -0.1) is 0 Å². The lowest BCUT2D eigenvalue weighted by atomic mass is 10.1. The summed E-state index contributed by atoms with van der Waals surface area (Å²) in [5, 5.41) is 9.82. The molecule has 0 atom stereocenters. The van der Waals surface area contributed by atoms with Crippen molar-refractivity contribution < 1.29 is 13.3 Å². The van der Waals surface area contributed by atoms with E-state index in [0.29, 0.717) is 28.0 Å². The van der Waals surface area contributed by atoms with Crippen LogP contribution in [0.2, 0.25) is 0 Å². The molecule has 1 aromatic heterocycles. The minimum absolute atomic E-state index is 0.0788. The molecule has 0 bridgehead atoms. The van der Waals surface area contributed by atoms with Gasteiger partial charge in [0.1, 0.15) is 7.11 Å². The summed E-state index contributed by atoms with van der Waals surface area (Å²) in [7, 11) is -0.432. The predicted molar refractivity (Wildman–Crippen MR) is 124 cm³/mol. The van der Waals surface area contributed by atoms with E-state index in [0.717, 1.165) is 38.3 Å². The van der Waals surface area contributed by atoms with Crippen LogP contribution >= 0.6 is 0 Å². The minimum Gasteiger partial charge on any atom is -0.399 e. The summed E-state index contributed by atoms with van der Waals surface area (Å²) in [5.74, 6) is 0.299. The average Bonchev–Trinajstić information content (AvgIpc) is 3.08. The first-order valence-corrected chi connectivity index (χ1v) is 12.1. The van der Waals surface area contributed by atoms with Crippen LogP contribution in [0.25, 0.3) is 16.6 Å². The molecule has 0 spiro atoms. The van der Waals surface area contributed by atoms with E-state index >= 15 is 0 Å². The Hall–Kier alpha value is -3.12. The Bertz CT molecular complexity index is 1460. The number of nitrogens with two attached hydrogens (primary N) is 1. The Morgan fingerprint density at radius 1 is 1.12 bits per heavy atom.